The highest BCUT2D eigenvalue weighted by atomic mass is 16.5. The average Bonchev–Trinajstić information content (AvgIpc) is 1.75. The zero-order valence-corrected chi connectivity index (χ0v) is 4.13. The van der Waals surface area contributed by atoms with Crippen molar-refractivity contribution >= 4 is 0 Å². The summed E-state index contributed by atoms with van der Waals surface area (Å²) in [4.78, 5) is 0. The number of ether oxygens (including phenoxy) is 1. The van der Waals surface area contributed by atoms with Crippen molar-refractivity contribution in [2.45, 2.75) is 0 Å². The van der Waals surface area contributed by atoms with Gasteiger partial charge in [0.1, 0.15) is 0 Å². The Balaban J connectivity index is 0. The molecule has 0 spiro atoms. The van der Waals surface area contributed by atoms with Gasteiger partial charge in [-0.25, -0.2) is 0 Å². The molecule has 38 valence electrons. The quantitative estimate of drug-likeness (QED) is 0.374. The molecule has 0 rings (SSSR count). The number of hydrogen-bond donors (Lipinski definition) is 0. The monoisotopic (exact) mass is 96.1 g/mol. The van der Waals surface area contributed by atoms with E-state index >= 15 is 0 Å². The van der Waals surface area contributed by atoms with Crippen LogP contribution in [0.1, 0.15) is 0 Å². The molecule has 0 heterocycles. The van der Waals surface area contributed by atoms with Crippen LogP contribution in [0.5, 0.6) is 0 Å². The van der Waals surface area contributed by atoms with Crippen molar-refractivity contribution in [2.75, 3.05) is 0 Å². The molecule has 0 amide bonds. The molecule has 0 aromatic carbocycles. The fourth-order valence-electron chi connectivity index (χ4n) is 0.0680. The molecule has 0 N–H and O–H groups in total. The normalized spacial score (nSPS) is 4.29. The van der Waals surface area contributed by atoms with Gasteiger partial charge < -0.3 is 4.74 Å². The first-order chi connectivity index (χ1) is 3.41. The van der Waals surface area contributed by atoms with E-state index in [0.717, 1.165) is 0 Å². The van der Waals surface area contributed by atoms with E-state index in [-0.39, 0.29) is 0 Å². The van der Waals surface area contributed by atoms with Crippen molar-refractivity contribution in [1.29, 1.82) is 0 Å². The van der Waals surface area contributed by atoms with E-state index < -0.39 is 0 Å². The van der Waals surface area contributed by atoms with Crippen LogP contribution in [0.4, 0.5) is 0 Å². The van der Waals surface area contributed by atoms with Crippen molar-refractivity contribution in [3.63, 3.8) is 0 Å². The first kappa shape index (κ1) is 9.28. The first-order valence-corrected chi connectivity index (χ1v) is 1.62. The van der Waals surface area contributed by atoms with Gasteiger partial charge >= 0.3 is 0 Å². The highest BCUT2D eigenvalue weighted by Gasteiger charge is 1.45. The predicted octanol–water partition coefficient (Wildman–Crippen LogP) is 1.54. The van der Waals surface area contributed by atoms with Gasteiger partial charge in [0.2, 0.25) is 0 Å². The van der Waals surface area contributed by atoms with E-state index in [0.29, 0.717) is 0 Å². The van der Waals surface area contributed by atoms with Crippen molar-refractivity contribution in [2.24, 2.45) is 0 Å². The zero-order valence-electron chi connectivity index (χ0n) is 4.13. The van der Waals surface area contributed by atoms with Crippen LogP contribution in [0, 0.1) is 12.8 Å². The molecule has 0 unspecified atom stereocenters. The van der Waals surface area contributed by atoms with Crippen LogP contribution in [-0.2, 0) is 4.74 Å². The van der Waals surface area contributed by atoms with Crippen LogP contribution in [-0.4, -0.2) is 0 Å². The molecule has 1 nitrogen and oxygen atoms in total. The Labute approximate surface area is 44.3 Å². The zero-order chi connectivity index (χ0) is 6.12. The van der Waals surface area contributed by atoms with Gasteiger partial charge in [0.25, 0.3) is 0 Å². The summed E-state index contributed by atoms with van der Waals surface area (Å²) in [7, 11) is 0. The Morgan fingerprint density at radius 2 is 1.43 bits per heavy atom. The predicted molar refractivity (Wildman–Crippen MR) is 31.4 cm³/mol. The summed E-state index contributed by atoms with van der Waals surface area (Å²) in [5.74, 6) is 0. The largest absolute Gasteiger partial charge is 0.474 e. The van der Waals surface area contributed by atoms with Gasteiger partial charge in [-0.15, -0.1) is 12.8 Å². The average molecular weight is 96.1 g/mol. The van der Waals surface area contributed by atoms with Crippen molar-refractivity contribution < 1.29 is 4.74 Å². The molecular formula is C6H8O. The number of hydrogen-bond acceptors (Lipinski definition) is 1. The minimum absolute atomic E-state index is 1.31. The second kappa shape index (κ2) is 21.1. The Kier molecular flexibility index (Phi) is 27.9. The van der Waals surface area contributed by atoms with Crippen molar-refractivity contribution in [3.8, 4) is 12.8 Å². The minimum atomic E-state index is 1.31. The molecular weight excluding hydrogens is 88.1 g/mol. The van der Waals surface area contributed by atoms with E-state index in [1.165, 1.54) is 12.5 Å². The van der Waals surface area contributed by atoms with Crippen LogP contribution in [0.3, 0.4) is 0 Å². The van der Waals surface area contributed by atoms with Crippen LogP contribution < -0.4 is 0 Å². The topological polar surface area (TPSA) is 9.23 Å². The van der Waals surface area contributed by atoms with Crippen LogP contribution in [0.15, 0.2) is 25.7 Å². The lowest BCUT2D eigenvalue weighted by Crippen LogP contribution is -1.52. The summed E-state index contributed by atoms with van der Waals surface area (Å²) < 4.78 is 4.36. The van der Waals surface area contributed by atoms with E-state index in [4.69, 9.17) is 0 Å². The van der Waals surface area contributed by atoms with E-state index in [1.807, 2.05) is 0 Å². The molecule has 0 saturated carbocycles. The molecule has 0 aromatic heterocycles. The molecule has 0 aliphatic rings. The summed E-state index contributed by atoms with van der Waals surface area (Å²) >= 11 is 0. The Hall–Kier alpha value is -1.16. The second-order valence-electron chi connectivity index (χ2n) is 0.469. The van der Waals surface area contributed by atoms with Gasteiger partial charge in [-0.3, -0.25) is 0 Å². The molecule has 0 aromatic rings. The van der Waals surface area contributed by atoms with Gasteiger partial charge in [0, 0.05) is 0 Å². The van der Waals surface area contributed by atoms with Gasteiger partial charge in [0.05, 0.1) is 12.5 Å². The summed E-state index contributed by atoms with van der Waals surface area (Å²) in [5, 5.41) is 0. The Morgan fingerprint density at radius 1 is 1.14 bits per heavy atom. The summed E-state index contributed by atoms with van der Waals surface area (Å²) in [6, 6.07) is 0. The smallest absolute Gasteiger partial charge is 0.0829 e. The fraction of sp³-hybridized carbons (Fsp3) is 0. The number of rotatable bonds is 2. The molecule has 7 heavy (non-hydrogen) atoms. The summed E-state index contributed by atoms with van der Waals surface area (Å²) in [5.41, 5.74) is 0. The Morgan fingerprint density at radius 3 is 1.43 bits per heavy atom. The lowest BCUT2D eigenvalue weighted by Gasteiger charge is -1.76. The molecule has 0 radical (unpaired) electrons. The Bertz CT molecular complexity index is 55.8. The van der Waals surface area contributed by atoms with Crippen LogP contribution >= 0.6 is 0 Å². The standard InChI is InChI=1S/C4H6O.C2H2/c1-3-5-4-2;1-2/h3-4H,1-2H2;1-2H. The summed E-state index contributed by atoms with van der Waals surface area (Å²) in [6.07, 6.45) is 10.6. The maximum Gasteiger partial charge on any atom is 0.0829 e. The lowest BCUT2D eigenvalue weighted by molar-refractivity contribution is 0.406. The van der Waals surface area contributed by atoms with Crippen LogP contribution in [0.2, 0.25) is 0 Å². The maximum absolute atomic E-state index is 4.36. The molecule has 0 fully saturated rings. The van der Waals surface area contributed by atoms with Gasteiger partial charge in [0.15, 0.2) is 0 Å². The van der Waals surface area contributed by atoms with Gasteiger partial charge in [-0.05, 0) is 0 Å². The van der Waals surface area contributed by atoms with E-state index in [9.17, 15) is 0 Å². The van der Waals surface area contributed by atoms with Gasteiger partial charge in [-0.2, -0.15) is 0 Å². The molecule has 0 saturated heterocycles. The molecule has 0 aliphatic carbocycles. The third-order valence-corrected chi connectivity index (χ3v) is 0.192. The first-order valence-electron chi connectivity index (χ1n) is 1.62. The second-order valence-corrected chi connectivity index (χ2v) is 0.469. The highest BCUT2D eigenvalue weighted by molar-refractivity contribution is 4.57. The number of terminal acetylenes is 1. The third-order valence-electron chi connectivity index (χ3n) is 0.192. The molecule has 0 aliphatic heterocycles. The van der Waals surface area contributed by atoms with Crippen molar-refractivity contribution in [3.05, 3.63) is 25.7 Å². The highest BCUT2D eigenvalue weighted by Crippen LogP contribution is 1.65. The van der Waals surface area contributed by atoms with E-state index in [1.54, 1.807) is 0 Å². The minimum Gasteiger partial charge on any atom is -0.474 e. The molecule has 1 heteroatoms. The van der Waals surface area contributed by atoms with Crippen LogP contribution in [0.25, 0.3) is 0 Å². The van der Waals surface area contributed by atoms with E-state index in [2.05, 4.69) is 30.7 Å². The van der Waals surface area contributed by atoms with Gasteiger partial charge in [-0.1, -0.05) is 13.2 Å². The third kappa shape index (κ3) is 55.3. The SMILES string of the molecule is C#C.C=COC=C. The summed E-state index contributed by atoms with van der Waals surface area (Å²) in [6.45, 7) is 6.51. The lowest BCUT2D eigenvalue weighted by atomic mass is 11.1. The molecule has 0 bridgehead atoms. The van der Waals surface area contributed by atoms with Crippen molar-refractivity contribution in [1.82, 2.24) is 0 Å². The molecule has 0 atom stereocenters. The fourth-order valence-corrected chi connectivity index (χ4v) is 0.0680. The maximum atomic E-state index is 4.36.